The number of aromatic nitrogens is 4. The zero-order chi connectivity index (χ0) is 22.5. The first-order valence-electron chi connectivity index (χ1n) is 10.2. The molecule has 1 aromatic carbocycles. The number of aliphatic hydroxyl groups excluding tert-OH is 1. The quantitative estimate of drug-likeness (QED) is 0.583. The Morgan fingerprint density at radius 1 is 1.09 bits per heavy atom. The van der Waals surface area contributed by atoms with Crippen molar-refractivity contribution < 1.29 is 22.7 Å². The average molecular weight is 448 g/mol. The highest BCUT2D eigenvalue weighted by molar-refractivity contribution is 5.42. The first kappa shape index (κ1) is 20.8. The van der Waals surface area contributed by atoms with E-state index in [2.05, 4.69) is 20.5 Å². The molecule has 0 amide bonds. The molecule has 1 aliphatic carbocycles. The van der Waals surface area contributed by atoms with Gasteiger partial charge in [-0.05, 0) is 43.0 Å². The van der Waals surface area contributed by atoms with E-state index in [4.69, 9.17) is 0 Å². The zero-order valence-corrected chi connectivity index (χ0v) is 16.7. The van der Waals surface area contributed by atoms with Crippen LogP contribution in [-0.2, 0) is 6.18 Å². The first-order valence-corrected chi connectivity index (χ1v) is 10.2. The molecule has 32 heavy (non-hydrogen) atoms. The molecule has 4 unspecified atom stereocenters. The Labute approximate surface area is 180 Å². The highest BCUT2D eigenvalue weighted by Crippen LogP contribution is 2.43. The predicted octanol–water partition coefficient (Wildman–Crippen LogP) is 3.39. The molecule has 2 bridgehead atoms. The molecule has 3 aromatic rings. The van der Waals surface area contributed by atoms with Gasteiger partial charge in [0, 0.05) is 24.8 Å². The number of pyridine rings is 1. The van der Waals surface area contributed by atoms with E-state index in [9.17, 15) is 22.7 Å². The number of hydrogen-bond donors (Lipinski definition) is 2. The van der Waals surface area contributed by atoms with Gasteiger partial charge in [-0.25, -0.2) is 9.37 Å². The molecule has 4 atom stereocenters. The lowest BCUT2D eigenvalue weighted by atomic mass is 10.0. The van der Waals surface area contributed by atoms with E-state index in [1.165, 1.54) is 35.4 Å². The number of likely N-dealkylation sites (tertiary alicyclic amines) is 1. The van der Waals surface area contributed by atoms with Crippen LogP contribution in [0.1, 0.15) is 30.2 Å². The monoisotopic (exact) mass is 448 g/mol. The number of anilines is 1. The average Bonchev–Trinajstić information content (AvgIpc) is 3.50. The topological polar surface area (TPSA) is 79.1 Å². The van der Waals surface area contributed by atoms with Crippen LogP contribution in [-0.4, -0.2) is 48.6 Å². The van der Waals surface area contributed by atoms with Gasteiger partial charge in [0.1, 0.15) is 17.9 Å². The van der Waals surface area contributed by atoms with Crippen molar-refractivity contribution >= 4 is 5.82 Å². The number of benzene rings is 1. The minimum Gasteiger partial charge on any atom is -0.374 e. The highest BCUT2D eigenvalue weighted by Gasteiger charge is 2.48. The van der Waals surface area contributed by atoms with Crippen molar-refractivity contribution in [3.05, 3.63) is 65.9 Å². The fraction of sp³-hybridized carbons (Fsp3) is 0.381. The van der Waals surface area contributed by atoms with Crippen molar-refractivity contribution in [3.63, 3.8) is 0 Å². The van der Waals surface area contributed by atoms with Crippen molar-refractivity contribution in [2.45, 2.75) is 37.3 Å². The van der Waals surface area contributed by atoms with E-state index in [0.717, 1.165) is 25.1 Å². The van der Waals surface area contributed by atoms with E-state index in [-0.39, 0.29) is 23.6 Å². The molecule has 7 nitrogen and oxygen atoms in total. The summed E-state index contributed by atoms with van der Waals surface area (Å²) in [6, 6.07) is 6.47. The van der Waals surface area contributed by atoms with Gasteiger partial charge < -0.3 is 10.4 Å². The standard InChI is InChI=1S/C21H20F4N6O/c22-14-2-1-3-16(31-27-6-7-28-31)19(14)20(32)30-11-12-8-15(17(30)9-12)29-18-5-4-13(10-26-18)21(23,24)25/h1-7,10,12,15,17,20,32H,8-9,11H2,(H,26,29). The maximum absolute atomic E-state index is 14.8. The minimum atomic E-state index is -4.44. The van der Waals surface area contributed by atoms with Gasteiger partial charge >= 0.3 is 6.18 Å². The highest BCUT2D eigenvalue weighted by atomic mass is 19.4. The Bertz CT molecular complexity index is 1090. The van der Waals surface area contributed by atoms with E-state index in [1.54, 1.807) is 6.07 Å². The first-order chi connectivity index (χ1) is 15.3. The summed E-state index contributed by atoms with van der Waals surface area (Å²) in [5, 5.41) is 22.4. The Morgan fingerprint density at radius 2 is 1.88 bits per heavy atom. The van der Waals surface area contributed by atoms with Crippen LogP contribution >= 0.6 is 0 Å². The number of aliphatic hydroxyl groups is 1. The van der Waals surface area contributed by atoms with E-state index < -0.39 is 23.8 Å². The van der Waals surface area contributed by atoms with Crippen LogP contribution in [0.15, 0.2) is 48.9 Å². The van der Waals surface area contributed by atoms with E-state index in [1.807, 2.05) is 4.90 Å². The molecule has 2 N–H and O–H groups in total. The van der Waals surface area contributed by atoms with Gasteiger partial charge in [-0.15, -0.1) is 0 Å². The molecule has 1 aliphatic heterocycles. The summed E-state index contributed by atoms with van der Waals surface area (Å²) in [6.45, 7) is 0.588. The second-order valence-electron chi connectivity index (χ2n) is 8.15. The second-order valence-corrected chi connectivity index (χ2v) is 8.15. The molecule has 11 heteroatoms. The Morgan fingerprint density at radius 3 is 2.53 bits per heavy atom. The number of rotatable bonds is 5. The summed E-state index contributed by atoms with van der Waals surface area (Å²) in [5.74, 6) is 0.0425. The van der Waals surface area contributed by atoms with Gasteiger partial charge in [0.05, 0.1) is 29.2 Å². The maximum Gasteiger partial charge on any atom is 0.417 e. The summed E-state index contributed by atoms with van der Waals surface area (Å²) in [5.41, 5.74) is -0.380. The van der Waals surface area contributed by atoms with Crippen LogP contribution in [0.5, 0.6) is 0 Å². The zero-order valence-electron chi connectivity index (χ0n) is 16.7. The van der Waals surface area contributed by atoms with Crippen LogP contribution in [0.4, 0.5) is 23.4 Å². The summed E-state index contributed by atoms with van der Waals surface area (Å²) in [6.07, 6.45) is -0.353. The lowest BCUT2D eigenvalue weighted by Crippen LogP contribution is -2.46. The van der Waals surface area contributed by atoms with Crippen molar-refractivity contribution in [1.29, 1.82) is 0 Å². The third kappa shape index (κ3) is 3.71. The molecule has 2 aliphatic rings. The Hall–Kier alpha value is -3.05. The second kappa shape index (κ2) is 7.82. The normalized spacial score (nSPS) is 24.1. The lowest BCUT2D eigenvalue weighted by Gasteiger charge is -2.37. The molecule has 1 saturated heterocycles. The van der Waals surface area contributed by atoms with E-state index >= 15 is 0 Å². The number of fused-ring (bicyclic) bond motifs is 2. The SMILES string of the molecule is OC(c1c(F)cccc1-n1nccn1)N1CC2CC(Nc3ccc(C(F)(F)F)cn3)C1C2. The largest absolute Gasteiger partial charge is 0.417 e. The number of nitrogens with zero attached hydrogens (tertiary/aromatic N) is 5. The molecule has 2 fully saturated rings. The van der Waals surface area contributed by atoms with Gasteiger partial charge in [-0.1, -0.05) is 6.07 Å². The van der Waals surface area contributed by atoms with Crippen LogP contribution in [0.25, 0.3) is 5.69 Å². The van der Waals surface area contributed by atoms with Gasteiger partial charge in [-0.3, -0.25) is 4.90 Å². The van der Waals surface area contributed by atoms with E-state index in [0.29, 0.717) is 18.1 Å². The minimum absolute atomic E-state index is 0.0858. The van der Waals surface area contributed by atoms with Crippen LogP contribution in [0.2, 0.25) is 0 Å². The summed E-state index contributed by atoms with van der Waals surface area (Å²) in [7, 11) is 0. The molecule has 1 saturated carbocycles. The van der Waals surface area contributed by atoms with Gasteiger partial charge in [0.2, 0.25) is 0 Å². The Kier molecular flexibility index (Phi) is 5.09. The molecule has 3 heterocycles. The maximum atomic E-state index is 14.8. The van der Waals surface area contributed by atoms with Crippen molar-refractivity contribution in [2.24, 2.45) is 5.92 Å². The number of hydrogen-bond acceptors (Lipinski definition) is 6. The third-order valence-electron chi connectivity index (χ3n) is 6.18. The van der Waals surface area contributed by atoms with Crippen molar-refractivity contribution in [1.82, 2.24) is 24.9 Å². The number of piperidine rings is 1. The van der Waals surface area contributed by atoms with Gasteiger partial charge in [-0.2, -0.15) is 28.2 Å². The summed E-state index contributed by atoms with van der Waals surface area (Å²) < 4.78 is 53.1. The summed E-state index contributed by atoms with van der Waals surface area (Å²) >= 11 is 0. The third-order valence-corrected chi connectivity index (χ3v) is 6.18. The van der Waals surface area contributed by atoms with Crippen LogP contribution < -0.4 is 5.32 Å². The molecule has 2 aromatic heterocycles. The smallest absolute Gasteiger partial charge is 0.374 e. The van der Waals surface area contributed by atoms with Crippen molar-refractivity contribution in [2.75, 3.05) is 11.9 Å². The molecule has 5 rings (SSSR count). The molecule has 0 spiro atoms. The molecule has 0 radical (unpaired) electrons. The molecular formula is C21H20F4N6O. The van der Waals surface area contributed by atoms with Gasteiger partial charge in [0.15, 0.2) is 0 Å². The fourth-order valence-electron chi connectivity index (χ4n) is 4.80. The van der Waals surface area contributed by atoms with Gasteiger partial charge in [0.25, 0.3) is 0 Å². The molecule has 168 valence electrons. The predicted molar refractivity (Wildman–Crippen MR) is 106 cm³/mol. The fourth-order valence-corrected chi connectivity index (χ4v) is 4.80. The molecular weight excluding hydrogens is 428 g/mol. The number of halogens is 4. The summed E-state index contributed by atoms with van der Waals surface area (Å²) in [4.78, 5) is 6.97. The van der Waals surface area contributed by atoms with Crippen LogP contribution in [0.3, 0.4) is 0 Å². The van der Waals surface area contributed by atoms with Crippen molar-refractivity contribution in [3.8, 4) is 5.69 Å². The Balaban J connectivity index is 1.37. The number of alkyl halides is 3. The van der Waals surface area contributed by atoms with Crippen LogP contribution in [0, 0.1) is 11.7 Å². The number of nitrogens with one attached hydrogen (secondary N) is 1. The lowest BCUT2D eigenvalue weighted by molar-refractivity contribution is -0.137.